The Morgan fingerprint density at radius 1 is 0.806 bits per heavy atom. The second kappa shape index (κ2) is 11.3. The summed E-state index contributed by atoms with van der Waals surface area (Å²) >= 11 is 2.13. The number of esters is 4. The molecule has 2 rings (SSSR count). The predicted octanol–water partition coefficient (Wildman–Crippen LogP) is 1.75. The Kier molecular flexibility index (Phi) is 9.04. The van der Waals surface area contributed by atoms with Gasteiger partial charge < -0.3 is 28.4 Å². The van der Waals surface area contributed by atoms with E-state index in [2.05, 4.69) is 22.6 Å². The maximum absolute atomic E-state index is 11.8. The summed E-state index contributed by atoms with van der Waals surface area (Å²) in [5.74, 6) is -2.30. The quantitative estimate of drug-likeness (QED) is 0.282. The fraction of sp³-hybridized carbons (Fsp3) is 0.500. The van der Waals surface area contributed by atoms with Gasteiger partial charge in [0.1, 0.15) is 18.5 Å². The van der Waals surface area contributed by atoms with Gasteiger partial charge in [0.15, 0.2) is 12.2 Å². The van der Waals surface area contributed by atoms with Crippen LogP contribution in [0.2, 0.25) is 0 Å². The van der Waals surface area contributed by atoms with Crippen molar-refractivity contribution in [3.63, 3.8) is 0 Å². The Bertz CT molecular complexity index is 809. The van der Waals surface area contributed by atoms with E-state index in [0.29, 0.717) is 5.75 Å². The molecule has 10 nitrogen and oxygen atoms in total. The normalized spacial score (nSPS) is 25.1. The van der Waals surface area contributed by atoms with Gasteiger partial charge in [0.25, 0.3) is 0 Å². The number of rotatable bonds is 7. The van der Waals surface area contributed by atoms with Gasteiger partial charge in [-0.05, 0) is 46.9 Å². The van der Waals surface area contributed by atoms with Crippen LogP contribution in [0.5, 0.6) is 5.75 Å². The van der Waals surface area contributed by atoms with Gasteiger partial charge in [0.2, 0.25) is 12.4 Å². The Labute approximate surface area is 192 Å². The Morgan fingerprint density at radius 3 is 1.84 bits per heavy atom. The van der Waals surface area contributed by atoms with E-state index in [1.807, 2.05) is 0 Å². The van der Waals surface area contributed by atoms with Crippen LogP contribution in [0.25, 0.3) is 0 Å². The number of benzene rings is 1. The van der Waals surface area contributed by atoms with E-state index in [4.69, 9.17) is 28.4 Å². The maximum atomic E-state index is 11.8. The van der Waals surface area contributed by atoms with Crippen LogP contribution in [-0.4, -0.2) is 61.2 Å². The molecule has 11 heteroatoms. The van der Waals surface area contributed by atoms with Crippen molar-refractivity contribution in [2.45, 2.75) is 58.4 Å². The van der Waals surface area contributed by atoms with E-state index in [9.17, 15) is 19.2 Å². The van der Waals surface area contributed by atoms with Crippen LogP contribution in [0, 0.1) is 3.57 Å². The van der Waals surface area contributed by atoms with E-state index in [1.165, 1.54) is 13.8 Å². The largest absolute Gasteiger partial charge is 0.463 e. The van der Waals surface area contributed by atoms with Gasteiger partial charge in [-0.25, -0.2) is 0 Å². The third-order valence-corrected chi connectivity index (χ3v) is 4.73. The molecule has 0 radical (unpaired) electrons. The van der Waals surface area contributed by atoms with E-state index in [1.54, 1.807) is 24.3 Å². The molecular weight excluding hydrogens is 527 g/mol. The standard InChI is InChI=1S/C20H23IO10/c1-10(22)26-9-16-17(27-11(2)23)18(28-12(3)24)19(29-13(4)25)20(31-16)30-15-7-5-14(21)6-8-15/h5-8,16-20H,9H2,1-4H3/t16?,17-,18+,19?,20-/m1/s1. The monoisotopic (exact) mass is 550 g/mol. The molecule has 2 unspecified atom stereocenters. The Balaban J connectivity index is 2.43. The number of halogens is 1. The molecule has 5 atom stereocenters. The summed E-state index contributed by atoms with van der Waals surface area (Å²) in [6, 6.07) is 6.94. The summed E-state index contributed by atoms with van der Waals surface area (Å²) in [5.41, 5.74) is 0. The lowest BCUT2D eigenvalue weighted by Crippen LogP contribution is -2.63. The van der Waals surface area contributed by atoms with Crippen molar-refractivity contribution >= 4 is 46.5 Å². The first-order valence-electron chi connectivity index (χ1n) is 9.29. The molecule has 1 aliphatic rings. The van der Waals surface area contributed by atoms with Crippen LogP contribution in [-0.2, 0) is 42.9 Å². The SMILES string of the molecule is CC(=O)OCC1O[C@@H](Oc2ccc(I)cc2)C(OC(C)=O)[C@@H](OC(C)=O)[C@@H]1OC(C)=O. The molecule has 0 amide bonds. The molecular formula is C20H23IO10. The second-order valence-electron chi connectivity index (χ2n) is 6.64. The van der Waals surface area contributed by atoms with Crippen LogP contribution in [0.3, 0.4) is 0 Å². The summed E-state index contributed by atoms with van der Waals surface area (Å²) < 4.78 is 33.7. The molecule has 1 saturated heterocycles. The van der Waals surface area contributed by atoms with Gasteiger partial charge >= 0.3 is 23.9 Å². The number of hydrogen-bond donors (Lipinski definition) is 0. The molecule has 31 heavy (non-hydrogen) atoms. The molecule has 0 aliphatic carbocycles. The minimum Gasteiger partial charge on any atom is -0.463 e. The highest BCUT2D eigenvalue weighted by Gasteiger charge is 2.53. The highest BCUT2D eigenvalue weighted by Crippen LogP contribution is 2.31. The second-order valence-corrected chi connectivity index (χ2v) is 7.89. The minimum absolute atomic E-state index is 0.315. The maximum Gasteiger partial charge on any atom is 0.303 e. The van der Waals surface area contributed by atoms with Crippen molar-refractivity contribution in [1.82, 2.24) is 0 Å². The lowest BCUT2D eigenvalue weighted by atomic mass is 9.98. The Morgan fingerprint density at radius 2 is 1.32 bits per heavy atom. The summed E-state index contributed by atoms with van der Waals surface area (Å²) in [7, 11) is 0. The molecule has 0 spiro atoms. The summed E-state index contributed by atoms with van der Waals surface area (Å²) in [5, 5.41) is 0. The van der Waals surface area contributed by atoms with E-state index < -0.39 is 54.6 Å². The van der Waals surface area contributed by atoms with Crippen LogP contribution < -0.4 is 4.74 Å². The smallest absolute Gasteiger partial charge is 0.303 e. The minimum atomic E-state index is -1.27. The van der Waals surface area contributed by atoms with Crippen molar-refractivity contribution < 1.29 is 47.6 Å². The van der Waals surface area contributed by atoms with Crippen LogP contribution in [0.15, 0.2) is 24.3 Å². The zero-order valence-corrected chi connectivity index (χ0v) is 19.5. The van der Waals surface area contributed by atoms with Gasteiger partial charge in [-0.1, -0.05) is 0 Å². The fourth-order valence-electron chi connectivity index (χ4n) is 2.93. The molecule has 1 aromatic carbocycles. The molecule has 0 aromatic heterocycles. The molecule has 1 heterocycles. The zero-order chi connectivity index (χ0) is 23.1. The van der Waals surface area contributed by atoms with Crippen molar-refractivity contribution in [2.24, 2.45) is 0 Å². The van der Waals surface area contributed by atoms with E-state index >= 15 is 0 Å². The third kappa shape index (κ3) is 7.65. The van der Waals surface area contributed by atoms with Crippen molar-refractivity contribution in [3.8, 4) is 5.75 Å². The van der Waals surface area contributed by atoms with Crippen LogP contribution >= 0.6 is 22.6 Å². The van der Waals surface area contributed by atoms with Gasteiger partial charge in [0, 0.05) is 31.3 Å². The van der Waals surface area contributed by atoms with Crippen LogP contribution in [0.1, 0.15) is 27.7 Å². The number of ether oxygens (including phenoxy) is 6. The predicted molar refractivity (Wildman–Crippen MR) is 112 cm³/mol. The molecule has 1 aliphatic heterocycles. The molecule has 170 valence electrons. The zero-order valence-electron chi connectivity index (χ0n) is 17.4. The molecule has 0 saturated carbocycles. The van der Waals surface area contributed by atoms with Gasteiger partial charge in [-0.15, -0.1) is 0 Å². The highest BCUT2D eigenvalue weighted by atomic mass is 127. The Hall–Kier alpha value is -2.41. The van der Waals surface area contributed by atoms with Crippen LogP contribution in [0.4, 0.5) is 0 Å². The number of hydrogen-bond acceptors (Lipinski definition) is 10. The summed E-state index contributed by atoms with van der Waals surface area (Å²) in [4.78, 5) is 46.5. The van der Waals surface area contributed by atoms with Gasteiger partial charge in [-0.2, -0.15) is 0 Å². The lowest BCUT2D eigenvalue weighted by Gasteiger charge is -2.43. The average Bonchev–Trinajstić information content (AvgIpc) is 2.65. The van der Waals surface area contributed by atoms with Gasteiger partial charge in [-0.3, -0.25) is 19.2 Å². The summed E-state index contributed by atoms with van der Waals surface area (Å²) in [6.45, 7) is 4.36. The lowest BCUT2D eigenvalue weighted by molar-refractivity contribution is -0.288. The first kappa shape index (κ1) is 24.9. The number of carbonyl (C=O) groups excluding carboxylic acids is 4. The number of carbonyl (C=O) groups is 4. The van der Waals surface area contributed by atoms with Crippen molar-refractivity contribution in [2.75, 3.05) is 6.61 Å². The average molecular weight is 550 g/mol. The third-order valence-electron chi connectivity index (χ3n) is 4.01. The first-order chi connectivity index (χ1) is 14.6. The van der Waals surface area contributed by atoms with Crippen molar-refractivity contribution in [1.29, 1.82) is 0 Å². The molecule has 1 fully saturated rings. The topological polar surface area (TPSA) is 124 Å². The molecule has 0 N–H and O–H groups in total. The molecule has 0 bridgehead atoms. The van der Waals surface area contributed by atoms with E-state index in [0.717, 1.165) is 17.4 Å². The highest BCUT2D eigenvalue weighted by molar-refractivity contribution is 14.1. The molecule has 1 aromatic rings. The van der Waals surface area contributed by atoms with E-state index in [-0.39, 0.29) is 6.61 Å². The first-order valence-corrected chi connectivity index (χ1v) is 10.4. The summed E-state index contributed by atoms with van der Waals surface area (Å²) in [6.07, 6.45) is -6.06. The van der Waals surface area contributed by atoms with Gasteiger partial charge in [0.05, 0.1) is 0 Å². The van der Waals surface area contributed by atoms with Crippen molar-refractivity contribution in [3.05, 3.63) is 27.8 Å². The fourth-order valence-corrected chi connectivity index (χ4v) is 3.29.